The molecule has 1 aliphatic heterocycles. The SMILES string of the molecule is C[C@@](c1ccccc1)(c1cc2c(cc1O)OCO2)c1c[nH]c2ccccc12. The molecule has 4 heteroatoms. The van der Waals surface area contributed by atoms with Crippen molar-refractivity contribution >= 4 is 10.9 Å². The fourth-order valence-electron chi connectivity index (χ4n) is 4.04. The second-order valence-corrected chi connectivity index (χ2v) is 6.96. The van der Waals surface area contributed by atoms with E-state index in [0.717, 1.165) is 27.6 Å². The first-order valence-corrected chi connectivity index (χ1v) is 8.93. The fraction of sp³-hybridized carbons (Fsp3) is 0.130. The Labute approximate surface area is 157 Å². The molecule has 0 amide bonds. The number of para-hydroxylation sites is 1. The molecule has 1 atom stereocenters. The minimum atomic E-state index is -0.577. The Morgan fingerprint density at radius 1 is 0.889 bits per heavy atom. The van der Waals surface area contributed by atoms with Crippen molar-refractivity contribution in [2.24, 2.45) is 0 Å². The fourth-order valence-corrected chi connectivity index (χ4v) is 4.04. The number of H-pyrrole nitrogens is 1. The van der Waals surface area contributed by atoms with Crippen molar-refractivity contribution in [2.75, 3.05) is 6.79 Å². The molecule has 0 saturated heterocycles. The Morgan fingerprint density at radius 2 is 1.59 bits per heavy atom. The smallest absolute Gasteiger partial charge is 0.231 e. The molecule has 2 N–H and O–H groups in total. The van der Waals surface area contributed by atoms with Crippen LogP contribution in [0.2, 0.25) is 0 Å². The average molecular weight is 357 g/mol. The van der Waals surface area contributed by atoms with Crippen molar-refractivity contribution in [3.05, 3.63) is 89.6 Å². The number of rotatable bonds is 3. The van der Waals surface area contributed by atoms with Crippen LogP contribution in [0.15, 0.2) is 72.9 Å². The molecule has 134 valence electrons. The first kappa shape index (κ1) is 15.8. The molecule has 0 radical (unpaired) electrons. The molecule has 0 aliphatic carbocycles. The van der Waals surface area contributed by atoms with Crippen LogP contribution in [0.3, 0.4) is 0 Å². The highest BCUT2D eigenvalue weighted by Gasteiger charge is 2.37. The van der Waals surface area contributed by atoms with Gasteiger partial charge in [-0.1, -0.05) is 48.5 Å². The molecule has 3 aromatic carbocycles. The highest BCUT2D eigenvalue weighted by Crippen LogP contribution is 2.49. The standard InChI is InChI=1S/C23H19NO3/c1-23(15-7-3-2-4-8-15,18-13-24-19-10-6-5-9-16(18)19)17-11-21-22(12-20(17)25)27-14-26-21/h2-13,24-25H,14H2,1H3/t23-/m1/s1. The quantitative estimate of drug-likeness (QED) is 0.545. The van der Waals surface area contributed by atoms with Crippen LogP contribution >= 0.6 is 0 Å². The summed E-state index contributed by atoms with van der Waals surface area (Å²) in [6.07, 6.45) is 2.03. The van der Waals surface area contributed by atoms with Crippen LogP contribution in [0, 0.1) is 0 Å². The summed E-state index contributed by atoms with van der Waals surface area (Å²) in [5.41, 5.74) is 3.45. The van der Waals surface area contributed by atoms with Gasteiger partial charge in [-0.3, -0.25) is 0 Å². The first-order valence-electron chi connectivity index (χ1n) is 8.93. The number of nitrogens with one attached hydrogen (secondary N) is 1. The molecule has 0 saturated carbocycles. The summed E-state index contributed by atoms with van der Waals surface area (Å²) in [6.45, 7) is 2.31. The Balaban J connectivity index is 1.83. The normalized spacial score (nSPS) is 15.0. The summed E-state index contributed by atoms with van der Waals surface area (Å²) in [6, 6.07) is 22.0. The summed E-state index contributed by atoms with van der Waals surface area (Å²) in [5.74, 6) is 1.42. The predicted octanol–water partition coefficient (Wildman–Crippen LogP) is 4.96. The third-order valence-corrected chi connectivity index (χ3v) is 5.51. The highest BCUT2D eigenvalue weighted by atomic mass is 16.7. The molecule has 5 rings (SSSR count). The zero-order chi connectivity index (χ0) is 18.4. The van der Waals surface area contributed by atoms with Gasteiger partial charge < -0.3 is 19.6 Å². The van der Waals surface area contributed by atoms with E-state index in [-0.39, 0.29) is 12.5 Å². The maximum Gasteiger partial charge on any atom is 0.231 e. The van der Waals surface area contributed by atoms with Gasteiger partial charge >= 0.3 is 0 Å². The van der Waals surface area contributed by atoms with Crippen LogP contribution in [0.25, 0.3) is 10.9 Å². The lowest BCUT2D eigenvalue weighted by molar-refractivity contribution is 0.174. The summed E-state index contributed by atoms with van der Waals surface area (Å²) in [5, 5.41) is 12.0. The van der Waals surface area contributed by atoms with Crippen molar-refractivity contribution in [3.8, 4) is 17.2 Å². The van der Waals surface area contributed by atoms with Crippen LogP contribution in [-0.2, 0) is 5.41 Å². The number of phenols is 1. The molecule has 0 spiro atoms. The van der Waals surface area contributed by atoms with Crippen molar-refractivity contribution in [1.82, 2.24) is 4.98 Å². The number of aromatic amines is 1. The second kappa shape index (κ2) is 5.81. The highest BCUT2D eigenvalue weighted by molar-refractivity contribution is 5.86. The van der Waals surface area contributed by atoms with Gasteiger partial charge in [-0.2, -0.15) is 0 Å². The lowest BCUT2D eigenvalue weighted by Gasteiger charge is -2.32. The minimum Gasteiger partial charge on any atom is -0.507 e. The Kier molecular flexibility index (Phi) is 3.41. The lowest BCUT2D eigenvalue weighted by Crippen LogP contribution is -2.25. The molecule has 2 heterocycles. The Hall–Kier alpha value is -3.40. The van der Waals surface area contributed by atoms with Crippen LogP contribution in [0.5, 0.6) is 17.2 Å². The Morgan fingerprint density at radius 3 is 2.41 bits per heavy atom. The minimum absolute atomic E-state index is 0.174. The van der Waals surface area contributed by atoms with E-state index < -0.39 is 5.41 Å². The third-order valence-electron chi connectivity index (χ3n) is 5.51. The van der Waals surface area contributed by atoms with Crippen molar-refractivity contribution < 1.29 is 14.6 Å². The Bertz CT molecular complexity index is 1130. The van der Waals surface area contributed by atoms with E-state index in [1.165, 1.54) is 0 Å². The van der Waals surface area contributed by atoms with E-state index in [0.29, 0.717) is 11.5 Å². The van der Waals surface area contributed by atoms with E-state index in [9.17, 15) is 5.11 Å². The molecule has 0 bridgehead atoms. The first-order chi connectivity index (χ1) is 13.2. The predicted molar refractivity (Wildman–Crippen MR) is 105 cm³/mol. The van der Waals surface area contributed by atoms with E-state index in [1.54, 1.807) is 6.07 Å². The van der Waals surface area contributed by atoms with E-state index >= 15 is 0 Å². The van der Waals surface area contributed by atoms with Gasteiger partial charge in [0.15, 0.2) is 11.5 Å². The molecule has 4 aromatic rings. The van der Waals surface area contributed by atoms with Crippen LogP contribution < -0.4 is 9.47 Å². The topological polar surface area (TPSA) is 54.5 Å². The molecular formula is C23H19NO3. The molecule has 1 aromatic heterocycles. The number of aromatic hydroxyl groups is 1. The second-order valence-electron chi connectivity index (χ2n) is 6.96. The number of hydrogen-bond acceptors (Lipinski definition) is 3. The number of phenolic OH excluding ortho intramolecular Hbond substituents is 1. The summed E-state index contributed by atoms with van der Waals surface area (Å²) in [4.78, 5) is 3.37. The molecule has 4 nitrogen and oxygen atoms in total. The van der Waals surface area contributed by atoms with Gasteiger partial charge in [0, 0.05) is 34.1 Å². The van der Waals surface area contributed by atoms with Gasteiger partial charge in [0.2, 0.25) is 6.79 Å². The van der Waals surface area contributed by atoms with Gasteiger partial charge in [-0.15, -0.1) is 0 Å². The van der Waals surface area contributed by atoms with Crippen LogP contribution in [0.1, 0.15) is 23.6 Å². The van der Waals surface area contributed by atoms with Gasteiger partial charge in [-0.05, 0) is 30.2 Å². The molecular weight excluding hydrogens is 338 g/mol. The van der Waals surface area contributed by atoms with Crippen LogP contribution in [-0.4, -0.2) is 16.9 Å². The number of hydrogen-bond donors (Lipinski definition) is 2. The van der Waals surface area contributed by atoms with Crippen molar-refractivity contribution in [1.29, 1.82) is 0 Å². The maximum absolute atomic E-state index is 10.9. The monoisotopic (exact) mass is 357 g/mol. The molecule has 0 unspecified atom stereocenters. The van der Waals surface area contributed by atoms with E-state index in [4.69, 9.17) is 9.47 Å². The van der Waals surface area contributed by atoms with Gasteiger partial charge in [-0.25, -0.2) is 0 Å². The van der Waals surface area contributed by atoms with Crippen LogP contribution in [0.4, 0.5) is 0 Å². The molecule has 1 aliphatic rings. The zero-order valence-electron chi connectivity index (χ0n) is 14.9. The van der Waals surface area contributed by atoms with Gasteiger partial charge in [0.05, 0.1) is 0 Å². The average Bonchev–Trinajstić information content (AvgIpc) is 3.34. The summed E-state index contributed by atoms with van der Waals surface area (Å²) >= 11 is 0. The van der Waals surface area contributed by atoms with E-state index in [1.807, 2.05) is 42.6 Å². The van der Waals surface area contributed by atoms with Gasteiger partial charge in [0.1, 0.15) is 5.75 Å². The number of benzene rings is 3. The van der Waals surface area contributed by atoms with E-state index in [2.05, 4.69) is 36.2 Å². The lowest BCUT2D eigenvalue weighted by atomic mass is 9.70. The largest absolute Gasteiger partial charge is 0.507 e. The zero-order valence-corrected chi connectivity index (χ0v) is 14.9. The number of aromatic nitrogens is 1. The molecule has 27 heavy (non-hydrogen) atoms. The summed E-state index contributed by atoms with van der Waals surface area (Å²) in [7, 11) is 0. The number of fused-ring (bicyclic) bond motifs is 2. The molecule has 0 fully saturated rings. The van der Waals surface area contributed by atoms with Crippen molar-refractivity contribution in [2.45, 2.75) is 12.3 Å². The van der Waals surface area contributed by atoms with Crippen molar-refractivity contribution in [3.63, 3.8) is 0 Å². The van der Waals surface area contributed by atoms with Gasteiger partial charge in [0.25, 0.3) is 0 Å². The number of ether oxygens (including phenoxy) is 2. The maximum atomic E-state index is 10.9. The summed E-state index contributed by atoms with van der Waals surface area (Å²) < 4.78 is 11.0. The third kappa shape index (κ3) is 2.30.